The summed E-state index contributed by atoms with van der Waals surface area (Å²) in [6.45, 7) is 6.48. The van der Waals surface area contributed by atoms with Crippen molar-refractivity contribution in [3.8, 4) is 5.75 Å². The van der Waals surface area contributed by atoms with Crippen LogP contribution >= 0.6 is 0 Å². The molecule has 0 aliphatic carbocycles. The van der Waals surface area contributed by atoms with Gasteiger partial charge < -0.3 is 14.2 Å². The second-order valence-electron chi connectivity index (χ2n) is 6.37. The molecule has 1 rings (SSSR count). The summed E-state index contributed by atoms with van der Waals surface area (Å²) in [7, 11) is -4.05. The fourth-order valence-electron chi connectivity index (χ4n) is 2.44. The first-order valence-electron chi connectivity index (χ1n) is 9.41. The van der Waals surface area contributed by atoms with Gasteiger partial charge in [0, 0.05) is 0 Å². The highest BCUT2D eigenvalue weighted by Crippen LogP contribution is 2.15. The third-order valence-corrected chi connectivity index (χ3v) is 4.60. The van der Waals surface area contributed by atoms with E-state index in [1.165, 1.54) is 31.2 Å². The van der Waals surface area contributed by atoms with Gasteiger partial charge in [0.15, 0.2) is 0 Å². The van der Waals surface area contributed by atoms with E-state index < -0.39 is 22.0 Å². The zero-order valence-electron chi connectivity index (χ0n) is 16.1. The molecule has 0 aromatic heterocycles. The quantitative estimate of drug-likeness (QED) is 0.259. The molecule has 154 valence electrons. The van der Waals surface area contributed by atoms with Crippen molar-refractivity contribution >= 4 is 10.1 Å². The molecule has 0 aliphatic rings. The summed E-state index contributed by atoms with van der Waals surface area (Å²) >= 11 is 0. The van der Waals surface area contributed by atoms with Gasteiger partial charge in [-0.15, -0.1) is 6.58 Å². The molecular formula is C20H32O6S. The third kappa shape index (κ3) is 12.6. The monoisotopic (exact) mass is 400 g/mol. The smallest absolute Gasteiger partial charge is 0.267 e. The van der Waals surface area contributed by atoms with Crippen molar-refractivity contribution in [3.63, 3.8) is 0 Å². The van der Waals surface area contributed by atoms with Crippen LogP contribution < -0.4 is 4.74 Å². The molecule has 1 aromatic carbocycles. The second kappa shape index (κ2) is 13.7. The summed E-state index contributed by atoms with van der Waals surface area (Å²) in [5.41, 5.74) is 1.29. The molecule has 1 aromatic rings. The summed E-state index contributed by atoms with van der Waals surface area (Å²) < 4.78 is 46.9. The van der Waals surface area contributed by atoms with Crippen LogP contribution in [0.2, 0.25) is 0 Å². The summed E-state index contributed by atoms with van der Waals surface area (Å²) in [6.07, 6.45) is 7.19. The topological polar surface area (TPSA) is 82.1 Å². The first-order chi connectivity index (χ1) is 12.9. The number of ether oxygens (including phenoxy) is 3. The number of hydrogen-bond acceptors (Lipinski definition) is 5. The van der Waals surface area contributed by atoms with Gasteiger partial charge in [-0.25, -0.2) is 0 Å². The van der Waals surface area contributed by atoms with E-state index in [4.69, 9.17) is 18.8 Å². The van der Waals surface area contributed by atoms with E-state index >= 15 is 0 Å². The summed E-state index contributed by atoms with van der Waals surface area (Å²) in [5.74, 6) is 0.261. The SMILES string of the molecule is C=CCOCC(COc1ccc(CCCCCC)cc1)OCCS(=O)(=O)O. The van der Waals surface area contributed by atoms with Gasteiger partial charge in [-0.2, -0.15) is 8.42 Å². The van der Waals surface area contributed by atoms with Crippen LogP contribution in [0.4, 0.5) is 0 Å². The average molecular weight is 401 g/mol. The van der Waals surface area contributed by atoms with E-state index in [-0.39, 0.29) is 19.8 Å². The van der Waals surface area contributed by atoms with Gasteiger partial charge in [-0.3, -0.25) is 4.55 Å². The zero-order chi connectivity index (χ0) is 20.0. The van der Waals surface area contributed by atoms with Crippen molar-refractivity contribution in [2.75, 3.05) is 32.2 Å². The normalized spacial score (nSPS) is 12.7. The number of aryl methyl sites for hydroxylation is 1. The predicted molar refractivity (Wildman–Crippen MR) is 107 cm³/mol. The number of rotatable bonds is 16. The molecule has 0 heterocycles. The molecule has 1 unspecified atom stereocenters. The van der Waals surface area contributed by atoms with E-state index in [1.807, 2.05) is 12.1 Å². The van der Waals surface area contributed by atoms with Gasteiger partial charge in [0.2, 0.25) is 0 Å². The van der Waals surface area contributed by atoms with Gasteiger partial charge in [0.25, 0.3) is 10.1 Å². The molecule has 1 atom stereocenters. The molecule has 0 amide bonds. The Hall–Kier alpha value is -1.41. The Balaban J connectivity index is 2.43. The van der Waals surface area contributed by atoms with Crippen molar-refractivity contribution in [2.24, 2.45) is 0 Å². The van der Waals surface area contributed by atoms with Crippen LogP contribution in [0.15, 0.2) is 36.9 Å². The molecule has 0 bridgehead atoms. The maximum atomic E-state index is 10.8. The van der Waals surface area contributed by atoms with Crippen LogP contribution in [-0.4, -0.2) is 51.3 Å². The molecule has 0 saturated heterocycles. The van der Waals surface area contributed by atoms with Crippen LogP contribution in [0, 0.1) is 0 Å². The lowest BCUT2D eigenvalue weighted by Gasteiger charge is -2.18. The Morgan fingerprint density at radius 1 is 1.15 bits per heavy atom. The second-order valence-corrected chi connectivity index (χ2v) is 7.94. The van der Waals surface area contributed by atoms with Gasteiger partial charge in [0.05, 0.1) is 25.6 Å². The average Bonchev–Trinajstić information content (AvgIpc) is 2.63. The fraction of sp³-hybridized carbons (Fsp3) is 0.600. The lowest BCUT2D eigenvalue weighted by atomic mass is 10.1. The molecule has 7 heteroatoms. The molecule has 0 aliphatic heterocycles. The minimum absolute atomic E-state index is 0.124. The molecule has 0 spiro atoms. The van der Waals surface area contributed by atoms with E-state index in [0.29, 0.717) is 6.61 Å². The largest absolute Gasteiger partial charge is 0.491 e. The molecule has 0 fully saturated rings. The number of hydrogen-bond donors (Lipinski definition) is 1. The standard InChI is InChI=1S/C20H32O6S/c1-3-5-6-7-8-18-9-11-19(12-10-18)26-17-20(16-24-13-4-2)25-14-15-27(21,22)23/h4,9-12,20H,2-3,5-8,13-17H2,1H3,(H,21,22,23). The highest BCUT2D eigenvalue weighted by atomic mass is 32.2. The van der Waals surface area contributed by atoms with Crippen molar-refractivity contribution in [2.45, 2.75) is 45.1 Å². The van der Waals surface area contributed by atoms with Gasteiger partial charge in [0.1, 0.15) is 18.5 Å². The summed E-state index contributed by atoms with van der Waals surface area (Å²) in [5, 5.41) is 0. The first-order valence-corrected chi connectivity index (χ1v) is 11.0. The lowest BCUT2D eigenvalue weighted by molar-refractivity contribution is -0.0267. The Morgan fingerprint density at radius 2 is 1.89 bits per heavy atom. The molecule has 0 radical (unpaired) electrons. The summed E-state index contributed by atoms with van der Waals surface area (Å²) in [6, 6.07) is 7.97. The van der Waals surface area contributed by atoms with Crippen LogP contribution in [0.1, 0.15) is 38.2 Å². The van der Waals surface area contributed by atoms with Gasteiger partial charge in [-0.1, -0.05) is 44.4 Å². The van der Waals surface area contributed by atoms with Crippen LogP contribution in [0.3, 0.4) is 0 Å². The van der Waals surface area contributed by atoms with Gasteiger partial charge in [-0.05, 0) is 30.5 Å². The zero-order valence-corrected chi connectivity index (χ0v) is 17.0. The Kier molecular flexibility index (Phi) is 12.0. The maximum absolute atomic E-state index is 10.8. The van der Waals surface area contributed by atoms with Crippen LogP contribution in [0.5, 0.6) is 5.75 Å². The number of unbranched alkanes of at least 4 members (excludes halogenated alkanes) is 3. The molecule has 6 nitrogen and oxygen atoms in total. The fourth-order valence-corrected chi connectivity index (χ4v) is 2.75. The van der Waals surface area contributed by atoms with E-state index in [0.717, 1.165) is 12.2 Å². The Bertz CT molecular complexity index is 612. The van der Waals surface area contributed by atoms with Crippen molar-refractivity contribution in [3.05, 3.63) is 42.5 Å². The van der Waals surface area contributed by atoms with Crippen LogP contribution in [0.25, 0.3) is 0 Å². The minimum atomic E-state index is -4.05. The van der Waals surface area contributed by atoms with E-state index in [9.17, 15) is 8.42 Å². The Labute approximate surface area is 163 Å². The Morgan fingerprint density at radius 3 is 2.52 bits per heavy atom. The van der Waals surface area contributed by atoms with Crippen LogP contribution in [-0.2, 0) is 26.0 Å². The van der Waals surface area contributed by atoms with Gasteiger partial charge >= 0.3 is 0 Å². The molecule has 27 heavy (non-hydrogen) atoms. The number of benzene rings is 1. The maximum Gasteiger partial charge on any atom is 0.267 e. The molecule has 0 saturated carbocycles. The minimum Gasteiger partial charge on any atom is -0.491 e. The van der Waals surface area contributed by atoms with Crippen molar-refractivity contribution < 1.29 is 27.2 Å². The third-order valence-electron chi connectivity index (χ3n) is 3.91. The van der Waals surface area contributed by atoms with Crippen molar-refractivity contribution in [1.29, 1.82) is 0 Å². The molecular weight excluding hydrogens is 368 g/mol. The molecule has 1 N–H and O–H groups in total. The lowest BCUT2D eigenvalue weighted by Crippen LogP contribution is -2.29. The van der Waals surface area contributed by atoms with E-state index in [2.05, 4.69) is 25.6 Å². The first kappa shape index (κ1) is 23.6. The van der Waals surface area contributed by atoms with E-state index in [1.54, 1.807) is 6.08 Å². The predicted octanol–water partition coefficient (Wildman–Crippen LogP) is 3.66. The summed E-state index contributed by atoms with van der Waals surface area (Å²) in [4.78, 5) is 0. The highest BCUT2D eigenvalue weighted by Gasteiger charge is 2.13. The highest BCUT2D eigenvalue weighted by molar-refractivity contribution is 7.85. The van der Waals surface area contributed by atoms with Crippen molar-refractivity contribution in [1.82, 2.24) is 0 Å².